The first-order chi connectivity index (χ1) is 10.1. The van der Waals surface area contributed by atoms with E-state index < -0.39 is 23.1 Å². The molecule has 0 aromatic heterocycles. The number of esters is 2. The molecule has 0 radical (unpaired) electrons. The molecule has 6 heteroatoms. The standard InChI is InChI=1S/C16H20Cl2O4/c1-15(2,21-13(19)9-17)11-5-7-12(8-6-11)16(3,4)22-14(20)10-18/h5-8H,9-10H2,1-4H3. The summed E-state index contributed by atoms with van der Waals surface area (Å²) in [6.45, 7) is 7.13. The molecule has 0 atom stereocenters. The van der Waals surface area contributed by atoms with Crippen LogP contribution in [-0.4, -0.2) is 23.7 Å². The molecule has 22 heavy (non-hydrogen) atoms. The molecule has 0 aliphatic rings. The summed E-state index contributed by atoms with van der Waals surface area (Å²) in [5.41, 5.74) is 0.0477. The van der Waals surface area contributed by atoms with Gasteiger partial charge in [0.2, 0.25) is 0 Å². The average molecular weight is 347 g/mol. The number of rotatable bonds is 6. The van der Waals surface area contributed by atoms with Gasteiger partial charge in [0.1, 0.15) is 23.0 Å². The van der Waals surface area contributed by atoms with Gasteiger partial charge in [0, 0.05) is 0 Å². The van der Waals surface area contributed by atoms with Crippen LogP contribution in [0.4, 0.5) is 0 Å². The molecular weight excluding hydrogens is 327 g/mol. The summed E-state index contributed by atoms with van der Waals surface area (Å²) in [6.07, 6.45) is 0. The highest BCUT2D eigenvalue weighted by molar-refractivity contribution is 6.26. The summed E-state index contributed by atoms with van der Waals surface area (Å²) in [7, 11) is 0. The largest absolute Gasteiger partial charge is 0.454 e. The lowest BCUT2D eigenvalue weighted by Gasteiger charge is -2.28. The number of carbonyl (C=O) groups is 2. The molecule has 0 bridgehead atoms. The maximum atomic E-state index is 11.4. The molecule has 0 spiro atoms. The van der Waals surface area contributed by atoms with E-state index in [0.717, 1.165) is 11.1 Å². The van der Waals surface area contributed by atoms with Gasteiger partial charge in [-0.25, -0.2) is 0 Å². The van der Waals surface area contributed by atoms with Crippen molar-refractivity contribution in [3.63, 3.8) is 0 Å². The predicted octanol–water partition coefficient (Wildman–Crippen LogP) is 3.72. The molecular formula is C16H20Cl2O4. The van der Waals surface area contributed by atoms with Crippen LogP contribution in [-0.2, 0) is 30.3 Å². The minimum absolute atomic E-state index is 0.192. The van der Waals surface area contributed by atoms with E-state index in [0.29, 0.717) is 0 Å². The van der Waals surface area contributed by atoms with Crippen LogP contribution in [0.25, 0.3) is 0 Å². The Kier molecular flexibility index (Phi) is 6.27. The SMILES string of the molecule is CC(C)(OC(=O)CCl)c1ccc(C(C)(C)OC(=O)CCl)cc1. The first-order valence-electron chi connectivity index (χ1n) is 6.79. The topological polar surface area (TPSA) is 52.6 Å². The molecule has 0 aliphatic carbocycles. The van der Waals surface area contributed by atoms with E-state index >= 15 is 0 Å². The van der Waals surface area contributed by atoms with Gasteiger partial charge in [0.05, 0.1) is 0 Å². The van der Waals surface area contributed by atoms with Gasteiger partial charge < -0.3 is 9.47 Å². The van der Waals surface area contributed by atoms with Gasteiger partial charge in [-0.15, -0.1) is 23.2 Å². The third-order valence-electron chi connectivity index (χ3n) is 3.23. The highest BCUT2D eigenvalue weighted by Crippen LogP contribution is 2.29. The molecule has 1 aromatic rings. The summed E-state index contributed by atoms with van der Waals surface area (Å²) in [6, 6.07) is 7.31. The number of carbonyl (C=O) groups excluding carboxylic acids is 2. The number of halogens is 2. The molecule has 1 aromatic carbocycles. The first kappa shape index (κ1) is 18.8. The molecule has 0 fully saturated rings. The van der Waals surface area contributed by atoms with Gasteiger partial charge in [-0.05, 0) is 38.8 Å². The van der Waals surface area contributed by atoms with Crippen LogP contribution in [0, 0.1) is 0 Å². The van der Waals surface area contributed by atoms with E-state index in [1.807, 2.05) is 24.3 Å². The molecule has 0 heterocycles. The second kappa shape index (κ2) is 7.34. The van der Waals surface area contributed by atoms with Gasteiger partial charge >= 0.3 is 11.9 Å². The zero-order chi connectivity index (χ0) is 17.0. The first-order valence-corrected chi connectivity index (χ1v) is 7.86. The zero-order valence-electron chi connectivity index (χ0n) is 13.1. The monoisotopic (exact) mass is 346 g/mol. The molecule has 0 saturated carbocycles. The molecule has 1 rings (SSSR count). The Morgan fingerprint density at radius 3 is 1.32 bits per heavy atom. The highest BCUT2D eigenvalue weighted by Gasteiger charge is 2.28. The minimum Gasteiger partial charge on any atom is -0.454 e. The maximum Gasteiger partial charge on any atom is 0.321 e. The lowest BCUT2D eigenvalue weighted by Crippen LogP contribution is -2.28. The summed E-state index contributed by atoms with van der Waals surface area (Å²) < 4.78 is 10.6. The van der Waals surface area contributed by atoms with E-state index in [2.05, 4.69) is 0 Å². The fourth-order valence-corrected chi connectivity index (χ4v) is 2.12. The number of benzene rings is 1. The average Bonchev–Trinajstić information content (AvgIpc) is 2.46. The zero-order valence-corrected chi connectivity index (χ0v) is 14.6. The summed E-state index contributed by atoms with van der Waals surface area (Å²) in [5, 5.41) is 0. The van der Waals surface area contributed by atoms with E-state index in [9.17, 15) is 9.59 Å². The van der Waals surface area contributed by atoms with Crippen molar-refractivity contribution in [2.75, 3.05) is 11.8 Å². The quantitative estimate of drug-likeness (QED) is 0.581. The Bertz CT molecular complexity index is 487. The van der Waals surface area contributed by atoms with Crippen LogP contribution < -0.4 is 0 Å². The Hall–Kier alpha value is -1.26. The van der Waals surface area contributed by atoms with Crippen molar-refractivity contribution in [3.05, 3.63) is 35.4 Å². The van der Waals surface area contributed by atoms with Crippen LogP contribution in [0.2, 0.25) is 0 Å². The van der Waals surface area contributed by atoms with Crippen LogP contribution >= 0.6 is 23.2 Å². The Morgan fingerprint density at radius 1 is 0.818 bits per heavy atom. The van der Waals surface area contributed by atoms with Crippen LogP contribution in [0.1, 0.15) is 38.8 Å². The third kappa shape index (κ3) is 4.89. The van der Waals surface area contributed by atoms with Gasteiger partial charge in [-0.1, -0.05) is 24.3 Å². The van der Waals surface area contributed by atoms with E-state index in [1.54, 1.807) is 27.7 Å². The van der Waals surface area contributed by atoms with Gasteiger partial charge in [0.25, 0.3) is 0 Å². The van der Waals surface area contributed by atoms with Gasteiger partial charge in [0.15, 0.2) is 0 Å². The van der Waals surface area contributed by atoms with Crippen molar-refractivity contribution in [2.24, 2.45) is 0 Å². The Labute approximate surface area is 140 Å². The lowest BCUT2D eigenvalue weighted by atomic mass is 9.92. The fourth-order valence-electron chi connectivity index (χ4n) is 2.01. The van der Waals surface area contributed by atoms with Crippen molar-refractivity contribution < 1.29 is 19.1 Å². The van der Waals surface area contributed by atoms with Gasteiger partial charge in [-0.2, -0.15) is 0 Å². The molecule has 0 unspecified atom stereocenters. The second-order valence-corrected chi connectivity index (χ2v) is 6.35. The second-order valence-electron chi connectivity index (χ2n) is 5.81. The summed E-state index contributed by atoms with van der Waals surface area (Å²) in [4.78, 5) is 22.7. The Balaban J connectivity index is 2.94. The third-order valence-corrected chi connectivity index (χ3v) is 3.67. The normalized spacial score (nSPS) is 11.9. The summed E-state index contributed by atoms with van der Waals surface area (Å²) >= 11 is 10.9. The molecule has 0 N–H and O–H groups in total. The smallest absolute Gasteiger partial charge is 0.321 e. The molecule has 0 saturated heterocycles. The number of alkyl halides is 2. The van der Waals surface area contributed by atoms with Crippen molar-refractivity contribution in [1.29, 1.82) is 0 Å². The van der Waals surface area contributed by atoms with Crippen LogP contribution in [0.15, 0.2) is 24.3 Å². The van der Waals surface area contributed by atoms with Crippen molar-refractivity contribution in [3.8, 4) is 0 Å². The van der Waals surface area contributed by atoms with Crippen molar-refractivity contribution in [1.82, 2.24) is 0 Å². The molecule has 122 valence electrons. The van der Waals surface area contributed by atoms with Gasteiger partial charge in [-0.3, -0.25) is 9.59 Å². The minimum atomic E-state index is -0.790. The van der Waals surface area contributed by atoms with E-state index in [4.69, 9.17) is 32.7 Å². The lowest BCUT2D eigenvalue weighted by molar-refractivity contribution is -0.155. The number of hydrogen-bond donors (Lipinski definition) is 0. The highest BCUT2D eigenvalue weighted by atomic mass is 35.5. The fraction of sp³-hybridized carbons (Fsp3) is 0.500. The number of hydrogen-bond acceptors (Lipinski definition) is 4. The van der Waals surface area contributed by atoms with E-state index in [-0.39, 0.29) is 11.8 Å². The maximum absolute atomic E-state index is 11.4. The van der Waals surface area contributed by atoms with Crippen LogP contribution in [0.3, 0.4) is 0 Å². The Morgan fingerprint density at radius 2 is 1.09 bits per heavy atom. The van der Waals surface area contributed by atoms with Crippen molar-refractivity contribution in [2.45, 2.75) is 38.9 Å². The number of ether oxygens (including phenoxy) is 2. The van der Waals surface area contributed by atoms with E-state index in [1.165, 1.54) is 0 Å². The van der Waals surface area contributed by atoms with Crippen LogP contribution in [0.5, 0.6) is 0 Å². The predicted molar refractivity (Wildman–Crippen MR) is 86.1 cm³/mol. The van der Waals surface area contributed by atoms with Crippen molar-refractivity contribution >= 4 is 35.1 Å². The molecule has 0 aliphatic heterocycles. The molecule has 0 amide bonds. The summed E-state index contributed by atoms with van der Waals surface area (Å²) in [5.74, 6) is -1.34. The molecule has 4 nitrogen and oxygen atoms in total.